The lowest BCUT2D eigenvalue weighted by Gasteiger charge is -2.13. The topological polar surface area (TPSA) is 64.8 Å². The predicted molar refractivity (Wildman–Crippen MR) is 93.2 cm³/mol. The molecule has 3 rings (SSSR count). The lowest BCUT2D eigenvalue weighted by atomic mass is 10.2. The number of hydrogen-bond acceptors (Lipinski definition) is 4. The van der Waals surface area contributed by atoms with Gasteiger partial charge in [-0.05, 0) is 37.1 Å². The summed E-state index contributed by atoms with van der Waals surface area (Å²) >= 11 is 0. The maximum atomic E-state index is 13.0. The van der Waals surface area contributed by atoms with Gasteiger partial charge in [-0.15, -0.1) is 0 Å². The van der Waals surface area contributed by atoms with Gasteiger partial charge in [0, 0.05) is 12.4 Å². The number of benzene rings is 1. The summed E-state index contributed by atoms with van der Waals surface area (Å²) in [5.74, 6) is 0. The Bertz CT molecular complexity index is 947. The third-order valence-electron chi connectivity index (χ3n) is 3.85. The number of nitrogens with zero attached hydrogens (tertiary/aromatic N) is 3. The van der Waals surface area contributed by atoms with Crippen LogP contribution < -0.4 is 0 Å². The molecule has 0 aliphatic heterocycles. The highest BCUT2D eigenvalue weighted by atomic mass is 32.2. The van der Waals surface area contributed by atoms with Gasteiger partial charge < -0.3 is 0 Å². The van der Waals surface area contributed by atoms with Crippen molar-refractivity contribution in [2.75, 3.05) is 0 Å². The van der Waals surface area contributed by atoms with Gasteiger partial charge in [-0.2, -0.15) is 0 Å². The molecule has 0 fully saturated rings. The van der Waals surface area contributed by atoms with E-state index in [4.69, 9.17) is 0 Å². The van der Waals surface area contributed by atoms with Crippen molar-refractivity contribution in [2.45, 2.75) is 31.6 Å². The van der Waals surface area contributed by atoms with Gasteiger partial charge >= 0.3 is 0 Å². The van der Waals surface area contributed by atoms with Crippen LogP contribution in [0.1, 0.15) is 25.2 Å². The molecule has 0 aliphatic carbocycles. The Balaban J connectivity index is 2.19. The van der Waals surface area contributed by atoms with Gasteiger partial charge in [0.2, 0.25) is 0 Å². The molecule has 0 saturated carbocycles. The third-order valence-corrected chi connectivity index (χ3v) is 5.56. The van der Waals surface area contributed by atoms with E-state index in [1.165, 1.54) is 3.97 Å². The van der Waals surface area contributed by atoms with Crippen molar-refractivity contribution in [2.24, 2.45) is 0 Å². The zero-order valence-electron chi connectivity index (χ0n) is 13.7. The Morgan fingerprint density at radius 1 is 1.00 bits per heavy atom. The Labute approximate surface area is 142 Å². The largest absolute Gasteiger partial charge is 0.268 e. The van der Waals surface area contributed by atoms with Crippen LogP contribution in [0.15, 0.2) is 59.8 Å². The van der Waals surface area contributed by atoms with E-state index in [1.807, 2.05) is 13.8 Å². The van der Waals surface area contributed by atoms with E-state index in [-0.39, 0.29) is 4.90 Å². The van der Waals surface area contributed by atoms with Crippen LogP contribution in [0.25, 0.3) is 11.4 Å². The van der Waals surface area contributed by atoms with Crippen LogP contribution in [0.3, 0.4) is 0 Å². The minimum atomic E-state index is -3.67. The number of aryl methyl sites for hydroxylation is 2. The predicted octanol–water partition coefficient (Wildman–Crippen LogP) is 3.31. The SMILES string of the molecule is CCc1cnc(CC)c(-c2cccn2S(=O)(=O)c2ccccc2)n1. The Morgan fingerprint density at radius 2 is 1.75 bits per heavy atom. The van der Waals surface area contributed by atoms with E-state index in [1.54, 1.807) is 54.9 Å². The minimum Gasteiger partial charge on any atom is -0.257 e. The first-order chi connectivity index (χ1) is 11.6. The van der Waals surface area contributed by atoms with Crippen molar-refractivity contribution in [1.82, 2.24) is 13.9 Å². The maximum absolute atomic E-state index is 13.0. The van der Waals surface area contributed by atoms with E-state index in [2.05, 4.69) is 9.97 Å². The van der Waals surface area contributed by atoms with Crippen LogP contribution in [0.2, 0.25) is 0 Å². The lowest BCUT2D eigenvalue weighted by Crippen LogP contribution is -2.14. The fourth-order valence-corrected chi connectivity index (χ4v) is 3.91. The molecule has 6 heteroatoms. The highest BCUT2D eigenvalue weighted by Crippen LogP contribution is 2.26. The molecular formula is C18H19N3O2S. The van der Waals surface area contributed by atoms with Crippen LogP contribution in [-0.2, 0) is 22.9 Å². The molecule has 0 amide bonds. The van der Waals surface area contributed by atoms with Crippen LogP contribution >= 0.6 is 0 Å². The molecule has 0 atom stereocenters. The van der Waals surface area contributed by atoms with Crippen molar-refractivity contribution in [1.29, 1.82) is 0 Å². The molecule has 3 aromatic rings. The molecule has 0 bridgehead atoms. The summed E-state index contributed by atoms with van der Waals surface area (Å²) in [7, 11) is -3.67. The number of rotatable bonds is 5. The Morgan fingerprint density at radius 3 is 2.42 bits per heavy atom. The average Bonchev–Trinajstić information content (AvgIpc) is 3.12. The summed E-state index contributed by atoms with van der Waals surface area (Å²) in [6, 6.07) is 11.9. The molecule has 24 heavy (non-hydrogen) atoms. The molecule has 0 saturated heterocycles. The molecular weight excluding hydrogens is 322 g/mol. The second-order valence-electron chi connectivity index (χ2n) is 5.37. The first-order valence-corrected chi connectivity index (χ1v) is 9.35. The standard InChI is InChI=1S/C18H19N3O2S/c1-3-14-13-19-16(4-2)18(20-14)17-11-8-12-21(17)24(22,23)15-9-6-5-7-10-15/h5-13H,3-4H2,1-2H3. The lowest BCUT2D eigenvalue weighted by molar-refractivity contribution is 0.588. The van der Waals surface area contributed by atoms with Gasteiger partial charge in [-0.3, -0.25) is 4.98 Å². The summed E-state index contributed by atoms with van der Waals surface area (Å²) in [5.41, 5.74) is 2.79. The van der Waals surface area contributed by atoms with E-state index in [9.17, 15) is 8.42 Å². The van der Waals surface area contributed by atoms with E-state index >= 15 is 0 Å². The summed E-state index contributed by atoms with van der Waals surface area (Å²) in [5, 5.41) is 0. The molecule has 0 N–H and O–H groups in total. The number of aromatic nitrogens is 3. The molecule has 1 aromatic carbocycles. The maximum Gasteiger partial charge on any atom is 0.268 e. The molecule has 5 nitrogen and oxygen atoms in total. The normalized spacial score (nSPS) is 11.6. The molecule has 2 aromatic heterocycles. The van der Waals surface area contributed by atoms with E-state index in [0.717, 1.165) is 17.8 Å². The van der Waals surface area contributed by atoms with Crippen LogP contribution in [-0.4, -0.2) is 22.4 Å². The van der Waals surface area contributed by atoms with Gasteiger partial charge in [0.15, 0.2) is 0 Å². The first kappa shape index (κ1) is 16.4. The van der Waals surface area contributed by atoms with Gasteiger partial charge in [-0.25, -0.2) is 17.4 Å². The summed E-state index contributed by atoms with van der Waals surface area (Å²) in [4.78, 5) is 9.32. The van der Waals surface area contributed by atoms with E-state index < -0.39 is 10.0 Å². The van der Waals surface area contributed by atoms with Crippen molar-refractivity contribution < 1.29 is 8.42 Å². The van der Waals surface area contributed by atoms with Gasteiger partial charge in [0.1, 0.15) is 5.69 Å². The number of hydrogen-bond donors (Lipinski definition) is 0. The monoisotopic (exact) mass is 341 g/mol. The van der Waals surface area contributed by atoms with Gasteiger partial charge in [0.25, 0.3) is 10.0 Å². The van der Waals surface area contributed by atoms with Crippen molar-refractivity contribution in [3.8, 4) is 11.4 Å². The third kappa shape index (κ3) is 2.85. The smallest absolute Gasteiger partial charge is 0.257 e. The van der Waals surface area contributed by atoms with Crippen molar-refractivity contribution in [3.05, 3.63) is 66.2 Å². The zero-order valence-corrected chi connectivity index (χ0v) is 14.5. The minimum absolute atomic E-state index is 0.250. The molecule has 0 aliphatic rings. The molecule has 0 unspecified atom stereocenters. The Kier molecular flexibility index (Phi) is 4.49. The van der Waals surface area contributed by atoms with E-state index in [0.29, 0.717) is 17.8 Å². The second-order valence-corrected chi connectivity index (χ2v) is 7.19. The summed E-state index contributed by atoms with van der Waals surface area (Å²) in [6.45, 7) is 3.98. The zero-order chi connectivity index (χ0) is 17.2. The molecule has 0 radical (unpaired) electrons. The molecule has 2 heterocycles. The molecule has 124 valence electrons. The summed E-state index contributed by atoms with van der Waals surface area (Å²) < 4.78 is 27.2. The fourth-order valence-electron chi connectivity index (χ4n) is 2.55. The van der Waals surface area contributed by atoms with Crippen LogP contribution in [0, 0.1) is 0 Å². The summed E-state index contributed by atoms with van der Waals surface area (Å²) in [6.07, 6.45) is 4.73. The average molecular weight is 341 g/mol. The highest BCUT2D eigenvalue weighted by molar-refractivity contribution is 7.90. The van der Waals surface area contributed by atoms with Crippen molar-refractivity contribution in [3.63, 3.8) is 0 Å². The second kappa shape index (κ2) is 6.57. The highest BCUT2D eigenvalue weighted by Gasteiger charge is 2.22. The van der Waals surface area contributed by atoms with Gasteiger partial charge in [-0.1, -0.05) is 32.0 Å². The van der Waals surface area contributed by atoms with Crippen LogP contribution in [0.5, 0.6) is 0 Å². The Hall–Kier alpha value is -2.47. The van der Waals surface area contributed by atoms with Crippen molar-refractivity contribution >= 4 is 10.0 Å². The fraction of sp³-hybridized carbons (Fsp3) is 0.222. The van der Waals surface area contributed by atoms with Crippen LogP contribution in [0.4, 0.5) is 0 Å². The quantitative estimate of drug-likeness (QED) is 0.714. The molecule has 0 spiro atoms. The van der Waals surface area contributed by atoms with Gasteiger partial charge in [0.05, 0.1) is 22.0 Å². The first-order valence-electron chi connectivity index (χ1n) is 7.91.